The number of hydrogen-bond donors (Lipinski definition) is 1. The molecule has 0 bridgehead atoms. The van der Waals surface area contributed by atoms with Gasteiger partial charge < -0.3 is 10.5 Å². The maximum atomic E-state index is 5.70. The van der Waals surface area contributed by atoms with Crippen molar-refractivity contribution in [3.05, 3.63) is 23.9 Å². The molecule has 3 nitrogen and oxygen atoms in total. The lowest BCUT2D eigenvalue weighted by molar-refractivity contribution is 0.297. The van der Waals surface area contributed by atoms with Crippen LogP contribution in [-0.2, 0) is 0 Å². The summed E-state index contributed by atoms with van der Waals surface area (Å²) < 4.78 is 5.43. The average molecular weight is 194 g/mol. The van der Waals surface area contributed by atoms with Crippen LogP contribution in [0.15, 0.2) is 18.3 Å². The van der Waals surface area contributed by atoms with Crippen LogP contribution >= 0.6 is 0 Å². The Kier molecular flexibility index (Phi) is 4.40. The van der Waals surface area contributed by atoms with Gasteiger partial charge in [0.15, 0.2) is 0 Å². The Morgan fingerprint density at radius 1 is 1.50 bits per heavy atom. The van der Waals surface area contributed by atoms with E-state index in [0.717, 1.165) is 25.0 Å². The van der Waals surface area contributed by atoms with Crippen molar-refractivity contribution >= 4 is 0 Å². The number of ether oxygens (including phenoxy) is 1. The van der Waals surface area contributed by atoms with E-state index in [4.69, 9.17) is 10.5 Å². The zero-order chi connectivity index (χ0) is 10.4. The molecule has 0 spiro atoms. The minimum atomic E-state index is 0.0344. The van der Waals surface area contributed by atoms with Crippen LogP contribution in [0.3, 0.4) is 0 Å². The van der Waals surface area contributed by atoms with Gasteiger partial charge in [-0.3, -0.25) is 0 Å². The molecule has 14 heavy (non-hydrogen) atoms. The van der Waals surface area contributed by atoms with E-state index in [1.807, 2.05) is 19.1 Å². The first kappa shape index (κ1) is 11.0. The van der Waals surface area contributed by atoms with E-state index in [1.54, 1.807) is 6.20 Å². The first-order chi connectivity index (χ1) is 6.74. The molecule has 0 amide bonds. The fraction of sp³-hybridized carbons (Fsp3) is 0.545. The van der Waals surface area contributed by atoms with E-state index in [0.29, 0.717) is 5.88 Å². The van der Waals surface area contributed by atoms with Crippen LogP contribution in [0, 0.1) is 0 Å². The molecule has 0 saturated carbocycles. The van der Waals surface area contributed by atoms with Crippen LogP contribution < -0.4 is 10.5 Å². The van der Waals surface area contributed by atoms with Crippen molar-refractivity contribution in [3.63, 3.8) is 0 Å². The van der Waals surface area contributed by atoms with Crippen LogP contribution in [0.1, 0.15) is 38.3 Å². The van der Waals surface area contributed by atoms with E-state index in [2.05, 4.69) is 11.9 Å². The molecule has 0 radical (unpaired) electrons. The largest absolute Gasteiger partial charge is 0.478 e. The molecule has 0 fully saturated rings. The van der Waals surface area contributed by atoms with Crippen molar-refractivity contribution < 1.29 is 4.74 Å². The lowest BCUT2D eigenvalue weighted by Crippen LogP contribution is -2.05. The third-order valence-corrected chi connectivity index (χ3v) is 2.03. The van der Waals surface area contributed by atoms with Crippen molar-refractivity contribution in [2.24, 2.45) is 5.73 Å². The molecule has 0 saturated heterocycles. The van der Waals surface area contributed by atoms with Crippen LogP contribution in [-0.4, -0.2) is 11.6 Å². The van der Waals surface area contributed by atoms with E-state index in [1.165, 1.54) is 0 Å². The van der Waals surface area contributed by atoms with Gasteiger partial charge in [0, 0.05) is 18.3 Å². The summed E-state index contributed by atoms with van der Waals surface area (Å²) in [6.45, 7) is 4.81. The molecule has 0 aliphatic carbocycles. The fourth-order valence-corrected chi connectivity index (χ4v) is 1.07. The van der Waals surface area contributed by atoms with Gasteiger partial charge in [0.1, 0.15) is 0 Å². The van der Waals surface area contributed by atoms with Crippen molar-refractivity contribution in [2.45, 2.75) is 32.7 Å². The number of nitrogens with two attached hydrogens (primary N) is 1. The predicted octanol–water partition coefficient (Wildman–Crippen LogP) is 2.28. The zero-order valence-electron chi connectivity index (χ0n) is 8.86. The summed E-state index contributed by atoms with van der Waals surface area (Å²) in [7, 11) is 0. The molecule has 78 valence electrons. The number of rotatable bonds is 5. The topological polar surface area (TPSA) is 48.1 Å². The Morgan fingerprint density at radius 3 is 2.79 bits per heavy atom. The summed E-state index contributed by atoms with van der Waals surface area (Å²) in [5.74, 6) is 0.683. The van der Waals surface area contributed by atoms with Gasteiger partial charge in [0.05, 0.1) is 6.61 Å². The average Bonchev–Trinajstić information content (AvgIpc) is 2.19. The molecule has 1 rings (SSSR count). The highest BCUT2D eigenvalue weighted by atomic mass is 16.5. The first-order valence-corrected chi connectivity index (χ1v) is 5.08. The maximum absolute atomic E-state index is 5.70. The van der Waals surface area contributed by atoms with Gasteiger partial charge in [0.2, 0.25) is 5.88 Å². The highest BCUT2D eigenvalue weighted by Crippen LogP contribution is 2.12. The number of nitrogens with zero attached hydrogens (tertiary/aromatic N) is 1. The fourth-order valence-electron chi connectivity index (χ4n) is 1.07. The Bertz CT molecular complexity index is 256. The molecular formula is C11H18N2O. The molecule has 0 aromatic carbocycles. The first-order valence-electron chi connectivity index (χ1n) is 5.08. The van der Waals surface area contributed by atoms with Crippen LogP contribution in [0.2, 0.25) is 0 Å². The maximum Gasteiger partial charge on any atom is 0.213 e. The molecule has 1 aromatic heterocycles. The second-order valence-electron chi connectivity index (χ2n) is 3.42. The van der Waals surface area contributed by atoms with Crippen LogP contribution in [0.25, 0.3) is 0 Å². The molecule has 1 atom stereocenters. The van der Waals surface area contributed by atoms with Crippen LogP contribution in [0.5, 0.6) is 5.88 Å². The monoisotopic (exact) mass is 194 g/mol. The Labute approximate surface area is 85.3 Å². The molecule has 1 aromatic rings. The van der Waals surface area contributed by atoms with Gasteiger partial charge in [-0.25, -0.2) is 4.98 Å². The molecule has 1 heterocycles. The summed E-state index contributed by atoms with van der Waals surface area (Å²) in [5, 5.41) is 0. The quantitative estimate of drug-likeness (QED) is 0.731. The molecule has 0 aliphatic heterocycles. The number of aromatic nitrogens is 1. The molecule has 0 unspecified atom stereocenters. The van der Waals surface area contributed by atoms with Crippen LogP contribution in [0.4, 0.5) is 0 Å². The Morgan fingerprint density at radius 2 is 2.29 bits per heavy atom. The minimum Gasteiger partial charge on any atom is -0.478 e. The lowest BCUT2D eigenvalue weighted by Gasteiger charge is -2.07. The van der Waals surface area contributed by atoms with E-state index in [-0.39, 0.29) is 6.04 Å². The van der Waals surface area contributed by atoms with E-state index in [9.17, 15) is 0 Å². The molecule has 3 heteroatoms. The van der Waals surface area contributed by atoms with E-state index < -0.39 is 0 Å². The minimum absolute atomic E-state index is 0.0344. The summed E-state index contributed by atoms with van der Waals surface area (Å²) in [4.78, 5) is 4.17. The van der Waals surface area contributed by atoms with Gasteiger partial charge in [-0.1, -0.05) is 19.4 Å². The summed E-state index contributed by atoms with van der Waals surface area (Å²) in [6.07, 6.45) is 3.97. The Balaban J connectivity index is 2.47. The Hall–Kier alpha value is -1.09. The number of hydrogen-bond acceptors (Lipinski definition) is 3. The third kappa shape index (κ3) is 3.34. The third-order valence-electron chi connectivity index (χ3n) is 2.03. The molecular weight excluding hydrogens is 176 g/mol. The zero-order valence-corrected chi connectivity index (χ0v) is 8.86. The number of unbranched alkanes of at least 4 members (excludes halogenated alkanes) is 1. The number of pyridine rings is 1. The van der Waals surface area contributed by atoms with Crippen molar-refractivity contribution in [3.8, 4) is 5.88 Å². The smallest absolute Gasteiger partial charge is 0.213 e. The van der Waals surface area contributed by atoms with Gasteiger partial charge >= 0.3 is 0 Å². The second-order valence-corrected chi connectivity index (χ2v) is 3.42. The molecule has 2 N–H and O–H groups in total. The standard InChI is InChI=1S/C11H18N2O/c1-3-4-7-14-11-6-5-10(8-13-11)9(2)12/h5-6,8-9H,3-4,7,12H2,1-2H3/t9-/m1/s1. The van der Waals surface area contributed by atoms with Crippen molar-refractivity contribution in [2.75, 3.05) is 6.61 Å². The van der Waals surface area contributed by atoms with Gasteiger partial charge in [-0.15, -0.1) is 0 Å². The van der Waals surface area contributed by atoms with Crippen molar-refractivity contribution in [1.29, 1.82) is 0 Å². The van der Waals surface area contributed by atoms with E-state index >= 15 is 0 Å². The molecule has 0 aliphatic rings. The SMILES string of the molecule is CCCCOc1ccc([C@@H](C)N)cn1. The lowest BCUT2D eigenvalue weighted by atomic mass is 10.2. The van der Waals surface area contributed by atoms with Gasteiger partial charge in [-0.05, 0) is 18.9 Å². The highest BCUT2D eigenvalue weighted by Gasteiger charge is 2.00. The van der Waals surface area contributed by atoms with Gasteiger partial charge in [-0.2, -0.15) is 0 Å². The second kappa shape index (κ2) is 5.60. The van der Waals surface area contributed by atoms with Crippen molar-refractivity contribution in [1.82, 2.24) is 4.98 Å². The van der Waals surface area contributed by atoms with Gasteiger partial charge in [0.25, 0.3) is 0 Å². The normalized spacial score (nSPS) is 12.5. The summed E-state index contributed by atoms with van der Waals surface area (Å²) in [5.41, 5.74) is 6.74. The summed E-state index contributed by atoms with van der Waals surface area (Å²) in [6, 6.07) is 3.86. The predicted molar refractivity (Wildman–Crippen MR) is 57.2 cm³/mol. The summed E-state index contributed by atoms with van der Waals surface area (Å²) >= 11 is 0. The highest BCUT2D eigenvalue weighted by molar-refractivity contribution is 5.19.